The smallest absolute Gasteiger partial charge is 0.237 e. The Morgan fingerprint density at radius 1 is 1.33 bits per heavy atom. The zero-order valence-electron chi connectivity index (χ0n) is 15.8. The monoisotopic (exact) mass is 362 g/mol. The number of carbonyl (C=O) groups is 1. The minimum absolute atomic E-state index is 0.0136. The lowest BCUT2D eigenvalue weighted by Crippen LogP contribution is -2.40. The Hall–Kier alpha value is -3.01. The lowest BCUT2D eigenvalue weighted by Gasteiger charge is -2.40. The molecule has 3 aromatic rings. The number of hydrogen-bond donors (Lipinski definition) is 0. The van der Waals surface area contributed by atoms with Crippen molar-refractivity contribution in [1.29, 1.82) is 5.26 Å². The molecule has 1 fully saturated rings. The lowest BCUT2D eigenvalue weighted by molar-refractivity contribution is 0.0772. The number of fused-ring (bicyclic) bond motifs is 1. The van der Waals surface area contributed by atoms with Gasteiger partial charge in [0.15, 0.2) is 5.65 Å². The summed E-state index contributed by atoms with van der Waals surface area (Å²) in [4.78, 5) is 21.5. The van der Waals surface area contributed by atoms with Crippen molar-refractivity contribution in [3.63, 3.8) is 0 Å². The molecule has 0 N–H and O–H groups in total. The molecule has 3 heterocycles. The third kappa shape index (κ3) is 2.72. The average molecular weight is 362 g/mol. The van der Waals surface area contributed by atoms with Crippen LogP contribution in [0.5, 0.6) is 0 Å². The fourth-order valence-corrected chi connectivity index (χ4v) is 3.63. The summed E-state index contributed by atoms with van der Waals surface area (Å²) in [6.07, 6.45) is 10.5. The molecule has 0 aliphatic heterocycles. The molecule has 1 aliphatic carbocycles. The first kappa shape index (κ1) is 17.4. The Kier molecular flexibility index (Phi) is 3.88. The van der Waals surface area contributed by atoms with E-state index in [1.807, 2.05) is 37.7 Å². The minimum Gasteiger partial charge on any atom is -0.273 e. The molecule has 0 saturated heterocycles. The molecular formula is C20H22N6O. The quantitative estimate of drug-likeness (QED) is 0.707. The van der Waals surface area contributed by atoms with Gasteiger partial charge in [-0.15, -0.1) is 0 Å². The van der Waals surface area contributed by atoms with Gasteiger partial charge in [-0.3, -0.25) is 14.0 Å². The minimum atomic E-state index is -0.504. The molecule has 7 nitrogen and oxygen atoms in total. The standard InChI is InChI=1S/C20H22N6O/c1-19(2,3)18(27)25-10-5-15-16(22-13-23-17(15)25)14-11-24-26(12-14)20(8-9-21)6-4-7-20/h5,10-13H,4,6-8H2,1-3H3. The summed E-state index contributed by atoms with van der Waals surface area (Å²) in [5, 5.41) is 14.5. The van der Waals surface area contributed by atoms with Crippen LogP contribution < -0.4 is 0 Å². The van der Waals surface area contributed by atoms with Crippen molar-refractivity contribution in [2.75, 3.05) is 0 Å². The van der Waals surface area contributed by atoms with Crippen LogP contribution in [0, 0.1) is 16.7 Å². The third-order valence-electron chi connectivity index (χ3n) is 5.38. The number of rotatable bonds is 3. The van der Waals surface area contributed by atoms with Gasteiger partial charge in [0.25, 0.3) is 0 Å². The highest BCUT2D eigenvalue weighted by Gasteiger charge is 2.39. The molecule has 0 aromatic carbocycles. The first-order valence-electron chi connectivity index (χ1n) is 9.15. The second kappa shape index (κ2) is 6.02. The van der Waals surface area contributed by atoms with E-state index < -0.39 is 5.41 Å². The summed E-state index contributed by atoms with van der Waals surface area (Å²) in [5.74, 6) is -0.0136. The van der Waals surface area contributed by atoms with Crippen LogP contribution in [0.4, 0.5) is 0 Å². The van der Waals surface area contributed by atoms with Gasteiger partial charge in [-0.25, -0.2) is 9.97 Å². The van der Waals surface area contributed by atoms with E-state index in [4.69, 9.17) is 5.26 Å². The molecule has 1 aliphatic rings. The summed E-state index contributed by atoms with van der Waals surface area (Å²) in [6.45, 7) is 5.67. The molecular weight excluding hydrogens is 340 g/mol. The van der Waals surface area contributed by atoms with Gasteiger partial charge in [-0.2, -0.15) is 10.4 Å². The maximum absolute atomic E-state index is 12.7. The molecule has 1 saturated carbocycles. The van der Waals surface area contributed by atoms with E-state index in [1.54, 1.807) is 17.0 Å². The van der Waals surface area contributed by atoms with Gasteiger partial charge in [0, 0.05) is 28.8 Å². The molecule has 0 unspecified atom stereocenters. The average Bonchev–Trinajstić information content (AvgIpc) is 3.23. The van der Waals surface area contributed by atoms with Gasteiger partial charge < -0.3 is 0 Å². The molecule has 0 amide bonds. The predicted molar refractivity (Wildman–Crippen MR) is 101 cm³/mol. The van der Waals surface area contributed by atoms with Gasteiger partial charge in [0.2, 0.25) is 5.91 Å². The normalized spacial score (nSPS) is 16.1. The van der Waals surface area contributed by atoms with E-state index in [9.17, 15) is 4.79 Å². The lowest BCUT2D eigenvalue weighted by atomic mass is 9.75. The second-order valence-corrected chi connectivity index (χ2v) is 8.29. The van der Waals surface area contributed by atoms with Crippen LogP contribution in [-0.4, -0.2) is 30.2 Å². The summed E-state index contributed by atoms with van der Waals surface area (Å²) in [6, 6.07) is 4.17. The first-order chi connectivity index (χ1) is 12.9. The van der Waals surface area contributed by atoms with Crippen LogP contribution in [0.2, 0.25) is 0 Å². The van der Waals surface area contributed by atoms with Gasteiger partial charge in [0.05, 0.1) is 29.9 Å². The van der Waals surface area contributed by atoms with Crippen molar-refractivity contribution < 1.29 is 4.79 Å². The molecule has 0 atom stereocenters. The van der Waals surface area contributed by atoms with Gasteiger partial charge >= 0.3 is 0 Å². The Morgan fingerprint density at radius 3 is 2.74 bits per heavy atom. The van der Waals surface area contributed by atoms with Crippen molar-refractivity contribution in [1.82, 2.24) is 24.3 Å². The van der Waals surface area contributed by atoms with Crippen molar-refractivity contribution in [2.45, 2.75) is 52.0 Å². The summed E-state index contributed by atoms with van der Waals surface area (Å²) >= 11 is 0. The maximum atomic E-state index is 12.7. The largest absolute Gasteiger partial charge is 0.273 e. The van der Waals surface area contributed by atoms with Gasteiger partial charge in [-0.05, 0) is 25.3 Å². The molecule has 3 aromatic heterocycles. The molecule has 4 rings (SSSR count). The van der Waals surface area contributed by atoms with E-state index in [0.29, 0.717) is 12.1 Å². The molecule has 7 heteroatoms. The zero-order valence-corrected chi connectivity index (χ0v) is 15.8. The van der Waals surface area contributed by atoms with Crippen LogP contribution >= 0.6 is 0 Å². The van der Waals surface area contributed by atoms with Crippen LogP contribution in [0.25, 0.3) is 22.3 Å². The molecule has 0 spiro atoms. The number of hydrogen-bond acceptors (Lipinski definition) is 5. The fraction of sp³-hybridized carbons (Fsp3) is 0.450. The zero-order chi connectivity index (χ0) is 19.2. The Balaban J connectivity index is 1.77. The maximum Gasteiger partial charge on any atom is 0.237 e. The van der Waals surface area contributed by atoms with Crippen molar-refractivity contribution >= 4 is 16.9 Å². The van der Waals surface area contributed by atoms with E-state index in [2.05, 4.69) is 21.1 Å². The highest BCUT2D eigenvalue weighted by Crippen LogP contribution is 2.42. The highest BCUT2D eigenvalue weighted by atomic mass is 16.2. The number of carbonyl (C=O) groups excluding carboxylic acids is 1. The molecule has 0 bridgehead atoms. The first-order valence-corrected chi connectivity index (χ1v) is 9.15. The molecule has 0 radical (unpaired) electrons. The van der Waals surface area contributed by atoms with Crippen LogP contribution in [0.1, 0.15) is 51.2 Å². The number of nitriles is 1. The van der Waals surface area contributed by atoms with E-state index in [-0.39, 0.29) is 11.4 Å². The summed E-state index contributed by atoms with van der Waals surface area (Å²) < 4.78 is 3.51. The molecule has 138 valence electrons. The Bertz CT molecular complexity index is 1060. The van der Waals surface area contributed by atoms with Crippen LogP contribution in [-0.2, 0) is 5.54 Å². The van der Waals surface area contributed by atoms with Crippen LogP contribution in [0.3, 0.4) is 0 Å². The Morgan fingerprint density at radius 2 is 2.11 bits per heavy atom. The van der Waals surface area contributed by atoms with Crippen molar-refractivity contribution in [3.05, 3.63) is 31.0 Å². The van der Waals surface area contributed by atoms with Crippen molar-refractivity contribution in [2.24, 2.45) is 5.41 Å². The topological polar surface area (TPSA) is 89.4 Å². The summed E-state index contributed by atoms with van der Waals surface area (Å²) in [5.41, 5.74) is 1.53. The fourth-order valence-electron chi connectivity index (χ4n) is 3.63. The summed E-state index contributed by atoms with van der Waals surface area (Å²) in [7, 11) is 0. The SMILES string of the molecule is CC(C)(C)C(=O)n1ccc2c(-c3cnn(C4(CC#N)CCC4)c3)ncnc21. The predicted octanol–water partition coefficient (Wildman–Crippen LogP) is 3.77. The van der Waals surface area contributed by atoms with E-state index in [0.717, 1.165) is 35.9 Å². The molecule has 27 heavy (non-hydrogen) atoms. The van der Waals surface area contributed by atoms with E-state index in [1.165, 1.54) is 6.33 Å². The second-order valence-electron chi connectivity index (χ2n) is 8.29. The number of nitrogens with zero attached hydrogens (tertiary/aromatic N) is 6. The van der Waals surface area contributed by atoms with Gasteiger partial charge in [-0.1, -0.05) is 20.8 Å². The van der Waals surface area contributed by atoms with Crippen LogP contribution in [0.15, 0.2) is 31.0 Å². The van der Waals surface area contributed by atoms with Gasteiger partial charge in [0.1, 0.15) is 6.33 Å². The highest BCUT2D eigenvalue weighted by molar-refractivity contribution is 5.98. The van der Waals surface area contributed by atoms with Crippen molar-refractivity contribution in [3.8, 4) is 17.3 Å². The number of aromatic nitrogens is 5. The van der Waals surface area contributed by atoms with E-state index >= 15 is 0 Å². The third-order valence-corrected chi connectivity index (χ3v) is 5.38. The Labute approximate surface area is 157 Å².